The molecule has 20 heavy (non-hydrogen) atoms. The molecule has 0 radical (unpaired) electrons. The highest BCUT2D eigenvalue weighted by Crippen LogP contribution is 2.31. The van der Waals surface area contributed by atoms with Crippen LogP contribution in [0, 0.1) is 0 Å². The number of halogens is 1. The topological polar surface area (TPSA) is 86.7 Å². The van der Waals surface area contributed by atoms with Gasteiger partial charge in [-0.2, -0.15) is 0 Å². The standard InChI is InChI=1S/C12H14ClN5OS/c13-11-2-1-8(14)7-10(11)12-15-16-17-18(12)9-3-5-20(19)6-4-9/h1-2,7,9H,3-6,14H2. The van der Waals surface area contributed by atoms with E-state index in [1.54, 1.807) is 22.9 Å². The van der Waals surface area contributed by atoms with E-state index in [9.17, 15) is 4.21 Å². The minimum absolute atomic E-state index is 0.162. The van der Waals surface area contributed by atoms with Crippen LogP contribution in [0.1, 0.15) is 18.9 Å². The van der Waals surface area contributed by atoms with E-state index in [1.165, 1.54) is 0 Å². The zero-order valence-electron chi connectivity index (χ0n) is 10.7. The summed E-state index contributed by atoms with van der Waals surface area (Å²) in [6, 6.07) is 5.41. The van der Waals surface area contributed by atoms with Crippen molar-refractivity contribution in [1.29, 1.82) is 0 Å². The molecule has 2 heterocycles. The molecule has 1 aliphatic heterocycles. The highest BCUT2D eigenvalue weighted by Gasteiger charge is 2.24. The van der Waals surface area contributed by atoms with Crippen LogP contribution >= 0.6 is 11.6 Å². The fourth-order valence-electron chi connectivity index (χ4n) is 2.36. The first-order valence-electron chi connectivity index (χ1n) is 6.33. The maximum Gasteiger partial charge on any atom is 0.183 e. The molecule has 0 saturated carbocycles. The Labute approximate surface area is 123 Å². The zero-order chi connectivity index (χ0) is 14.1. The number of nitrogens with two attached hydrogens (primary N) is 1. The van der Waals surface area contributed by atoms with Crippen molar-refractivity contribution in [3.8, 4) is 11.4 Å². The molecule has 0 atom stereocenters. The van der Waals surface area contributed by atoms with Gasteiger partial charge in [0.2, 0.25) is 0 Å². The lowest BCUT2D eigenvalue weighted by Crippen LogP contribution is -2.23. The van der Waals surface area contributed by atoms with Crippen molar-refractivity contribution in [2.45, 2.75) is 18.9 Å². The highest BCUT2D eigenvalue weighted by molar-refractivity contribution is 7.85. The molecule has 0 amide bonds. The van der Waals surface area contributed by atoms with Crippen molar-refractivity contribution in [3.05, 3.63) is 23.2 Å². The predicted octanol–water partition coefficient (Wildman–Crippen LogP) is 1.66. The molecule has 1 fully saturated rings. The van der Waals surface area contributed by atoms with Gasteiger partial charge < -0.3 is 5.73 Å². The Bertz CT molecular complexity index is 649. The van der Waals surface area contributed by atoms with E-state index in [0.29, 0.717) is 28.0 Å². The van der Waals surface area contributed by atoms with Gasteiger partial charge in [-0.3, -0.25) is 4.21 Å². The first kappa shape index (κ1) is 13.5. The predicted molar refractivity (Wildman–Crippen MR) is 78.8 cm³/mol. The van der Waals surface area contributed by atoms with Crippen molar-refractivity contribution in [2.24, 2.45) is 0 Å². The second kappa shape index (κ2) is 5.49. The molecule has 2 N–H and O–H groups in total. The van der Waals surface area contributed by atoms with Crippen molar-refractivity contribution >= 4 is 28.1 Å². The van der Waals surface area contributed by atoms with Gasteiger partial charge in [0.1, 0.15) is 0 Å². The number of aromatic nitrogens is 4. The van der Waals surface area contributed by atoms with Gasteiger partial charge in [0.05, 0.1) is 11.1 Å². The molecular weight excluding hydrogens is 298 g/mol. The van der Waals surface area contributed by atoms with Crippen molar-refractivity contribution in [2.75, 3.05) is 17.2 Å². The van der Waals surface area contributed by atoms with E-state index < -0.39 is 10.8 Å². The Morgan fingerprint density at radius 1 is 1.35 bits per heavy atom. The van der Waals surface area contributed by atoms with Gasteiger partial charge in [-0.25, -0.2) is 4.68 Å². The minimum atomic E-state index is -0.710. The Morgan fingerprint density at radius 3 is 2.85 bits per heavy atom. The highest BCUT2D eigenvalue weighted by atomic mass is 35.5. The largest absolute Gasteiger partial charge is 0.399 e. The molecule has 0 bridgehead atoms. The summed E-state index contributed by atoms with van der Waals surface area (Å²) in [6.45, 7) is 0. The smallest absolute Gasteiger partial charge is 0.183 e. The average Bonchev–Trinajstić information content (AvgIpc) is 2.91. The summed E-state index contributed by atoms with van der Waals surface area (Å²) >= 11 is 6.21. The molecule has 1 aliphatic rings. The van der Waals surface area contributed by atoms with Crippen LogP contribution < -0.4 is 5.73 Å². The van der Waals surface area contributed by atoms with Crippen molar-refractivity contribution in [3.63, 3.8) is 0 Å². The summed E-state index contributed by atoms with van der Waals surface area (Å²) in [5.74, 6) is 1.99. The summed E-state index contributed by atoms with van der Waals surface area (Å²) in [7, 11) is -0.710. The molecule has 0 aliphatic carbocycles. The summed E-state index contributed by atoms with van der Waals surface area (Å²) in [5.41, 5.74) is 7.14. The third-order valence-corrected chi connectivity index (χ3v) is 5.14. The summed E-state index contributed by atoms with van der Waals surface area (Å²) < 4.78 is 13.2. The Morgan fingerprint density at radius 2 is 2.10 bits per heavy atom. The summed E-state index contributed by atoms with van der Waals surface area (Å²) in [4.78, 5) is 0. The number of hydrogen-bond donors (Lipinski definition) is 1. The Kier molecular flexibility index (Phi) is 3.71. The molecule has 8 heteroatoms. The van der Waals surface area contributed by atoms with Gasteiger partial charge in [0, 0.05) is 33.6 Å². The lowest BCUT2D eigenvalue weighted by atomic mass is 10.1. The van der Waals surface area contributed by atoms with Crippen molar-refractivity contribution in [1.82, 2.24) is 20.2 Å². The van der Waals surface area contributed by atoms with Crippen LogP contribution in [-0.4, -0.2) is 35.9 Å². The fourth-order valence-corrected chi connectivity index (χ4v) is 3.83. The lowest BCUT2D eigenvalue weighted by molar-refractivity contribution is 0.415. The molecule has 3 rings (SSSR count). The average molecular weight is 312 g/mol. The molecule has 0 unspecified atom stereocenters. The minimum Gasteiger partial charge on any atom is -0.399 e. The zero-order valence-corrected chi connectivity index (χ0v) is 12.3. The fraction of sp³-hybridized carbons (Fsp3) is 0.417. The van der Waals surface area contributed by atoms with E-state index in [2.05, 4.69) is 15.5 Å². The normalized spacial score (nSPS) is 22.9. The van der Waals surface area contributed by atoms with Gasteiger partial charge in [0.15, 0.2) is 5.82 Å². The number of nitrogens with zero attached hydrogens (tertiary/aromatic N) is 4. The van der Waals surface area contributed by atoms with E-state index in [4.69, 9.17) is 17.3 Å². The number of tetrazole rings is 1. The number of nitrogen functional groups attached to an aromatic ring is 1. The van der Waals surface area contributed by atoms with Gasteiger partial charge in [-0.15, -0.1) is 5.10 Å². The van der Waals surface area contributed by atoms with Crippen molar-refractivity contribution < 1.29 is 4.21 Å². The van der Waals surface area contributed by atoms with Gasteiger partial charge in [0.25, 0.3) is 0 Å². The van der Waals surface area contributed by atoms with Gasteiger partial charge in [-0.05, 0) is 41.5 Å². The van der Waals surface area contributed by atoms with E-state index in [0.717, 1.165) is 18.4 Å². The maximum absolute atomic E-state index is 11.4. The monoisotopic (exact) mass is 311 g/mol. The van der Waals surface area contributed by atoms with E-state index in [-0.39, 0.29) is 6.04 Å². The molecule has 6 nitrogen and oxygen atoms in total. The lowest BCUT2D eigenvalue weighted by Gasteiger charge is -2.22. The van der Waals surface area contributed by atoms with Gasteiger partial charge >= 0.3 is 0 Å². The number of anilines is 1. The van der Waals surface area contributed by atoms with Crippen LogP contribution in [0.25, 0.3) is 11.4 Å². The third kappa shape index (κ3) is 2.55. The first-order valence-corrected chi connectivity index (χ1v) is 8.20. The molecule has 106 valence electrons. The van der Waals surface area contributed by atoms with Crippen LogP contribution in [-0.2, 0) is 10.8 Å². The molecule has 0 spiro atoms. The van der Waals surface area contributed by atoms with E-state index >= 15 is 0 Å². The van der Waals surface area contributed by atoms with Crippen LogP contribution in [0.15, 0.2) is 18.2 Å². The number of rotatable bonds is 2. The maximum atomic E-state index is 11.4. The second-order valence-electron chi connectivity index (χ2n) is 4.77. The number of benzene rings is 1. The molecule has 1 saturated heterocycles. The third-order valence-electron chi connectivity index (χ3n) is 3.43. The van der Waals surface area contributed by atoms with Crippen LogP contribution in [0.2, 0.25) is 5.02 Å². The first-order chi connectivity index (χ1) is 9.65. The molecule has 1 aromatic carbocycles. The Balaban J connectivity index is 1.97. The quantitative estimate of drug-likeness (QED) is 0.852. The van der Waals surface area contributed by atoms with Crippen LogP contribution in [0.3, 0.4) is 0 Å². The van der Waals surface area contributed by atoms with Crippen LogP contribution in [0.5, 0.6) is 0 Å². The van der Waals surface area contributed by atoms with Crippen LogP contribution in [0.4, 0.5) is 5.69 Å². The summed E-state index contributed by atoms with van der Waals surface area (Å²) in [5, 5.41) is 12.5. The van der Waals surface area contributed by atoms with E-state index in [1.807, 2.05) is 0 Å². The Hall–Kier alpha value is -1.47. The SMILES string of the molecule is Nc1ccc(Cl)c(-c2nnnn2C2CCS(=O)CC2)c1. The summed E-state index contributed by atoms with van der Waals surface area (Å²) in [6.07, 6.45) is 1.62. The molecule has 1 aromatic heterocycles. The second-order valence-corrected chi connectivity index (χ2v) is 6.87. The number of hydrogen-bond acceptors (Lipinski definition) is 5. The van der Waals surface area contributed by atoms with Gasteiger partial charge in [-0.1, -0.05) is 11.6 Å². The molecule has 2 aromatic rings. The molecular formula is C12H14ClN5OS.